The molecule has 6 nitrogen and oxygen atoms in total. The van der Waals surface area contributed by atoms with E-state index in [4.69, 9.17) is 9.47 Å². The van der Waals surface area contributed by atoms with Gasteiger partial charge in [-0.05, 0) is 31.2 Å². The van der Waals surface area contributed by atoms with Gasteiger partial charge in [-0.1, -0.05) is 30.3 Å². The molecule has 1 N–H and O–H groups in total. The van der Waals surface area contributed by atoms with E-state index in [9.17, 15) is 14.8 Å². The van der Waals surface area contributed by atoms with Gasteiger partial charge in [0.2, 0.25) is 0 Å². The third kappa shape index (κ3) is 4.54. The van der Waals surface area contributed by atoms with Crippen LogP contribution in [0.5, 0.6) is 0 Å². The summed E-state index contributed by atoms with van der Waals surface area (Å²) in [6, 6.07) is 8.54. The molecule has 1 fully saturated rings. The summed E-state index contributed by atoms with van der Waals surface area (Å²) in [5.41, 5.74) is 0.861. The zero-order chi connectivity index (χ0) is 16.1. The van der Waals surface area contributed by atoms with Crippen LogP contribution in [0.15, 0.2) is 30.3 Å². The fourth-order valence-electron chi connectivity index (χ4n) is 2.20. The number of carbonyl (C=O) groups is 2. The lowest BCUT2D eigenvalue weighted by Crippen LogP contribution is -2.42. The van der Waals surface area contributed by atoms with E-state index in [0.29, 0.717) is 0 Å². The molecule has 0 saturated heterocycles. The molecule has 0 radical (unpaired) electrons. The molecule has 22 heavy (non-hydrogen) atoms. The average Bonchev–Trinajstić information content (AvgIpc) is 3.30. The third-order valence-electron chi connectivity index (χ3n) is 3.56. The molecule has 1 aromatic carbocycles. The van der Waals surface area contributed by atoms with Gasteiger partial charge in [-0.3, -0.25) is 4.79 Å². The molecule has 2 atom stereocenters. The molecule has 1 aliphatic carbocycles. The molecule has 0 amide bonds. The predicted molar refractivity (Wildman–Crippen MR) is 77.9 cm³/mol. The summed E-state index contributed by atoms with van der Waals surface area (Å²) in [6.45, 7) is 1.60. The Bertz CT molecular complexity index is 511. The Balaban J connectivity index is 1.81. The maximum atomic E-state index is 12.0. The van der Waals surface area contributed by atoms with Crippen molar-refractivity contribution in [2.24, 2.45) is 5.92 Å². The van der Waals surface area contributed by atoms with Gasteiger partial charge < -0.3 is 14.7 Å². The molecule has 1 aromatic rings. The van der Waals surface area contributed by atoms with Gasteiger partial charge in [-0.2, -0.15) is 5.06 Å². The van der Waals surface area contributed by atoms with Crippen molar-refractivity contribution < 1.29 is 24.3 Å². The van der Waals surface area contributed by atoms with Crippen LogP contribution in [0, 0.1) is 5.92 Å². The Morgan fingerprint density at radius 3 is 2.45 bits per heavy atom. The number of hydroxylamine groups is 2. The van der Waals surface area contributed by atoms with Crippen molar-refractivity contribution in [3.63, 3.8) is 0 Å². The number of hydrogen-bond acceptors (Lipinski definition) is 6. The Morgan fingerprint density at radius 1 is 1.27 bits per heavy atom. The van der Waals surface area contributed by atoms with Crippen molar-refractivity contribution >= 4 is 11.9 Å². The Labute approximate surface area is 129 Å². The van der Waals surface area contributed by atoms with Gasteiger partial charge >= 0.3 is 11.9 Å². The van der Waals surface area contributed by atoms with Crippen LogP contribution in [-0.4, -0.2) is 41.4 Å². The number of benzene rings is 1. The first-order chi connectivity index (χ1) is 10.5. The third-order valence-corrected chi connectivity index (χ3v) is 3.56. The molecule has 6 heteroatoms. The van der Waals surface area contributed by atoms with Gasteiger partial charge in [0.05, 0.1) is 0 Å². The van der Waals surface area contributed by atoms with Crippen molar-refractivity contribution in [2.45, 2.75) is 38.5 Å². The molecule has 0 aromatic heterocycles. The molecular weight excluding hydrogens is 286 g/mol. The van der Waals surface area contributed by atoms with E-state index < -0.39 is 24.1 Å². The standard InChI is InChI=1S/C16H21NO5/c1-11(15(18)21-10-12-6-4-3-5-7-12)22-16(19)14(17(2)20)13-8-9-13/h3-7,11,13-14,20H,8-10H2,1-2H3/t11-,14+/m1/s1. The highest BCUT2D eigenvalue weighted by molar-refractivity contribution is 5.82. The zero-order valence-electron chi connectivity index (χ0n) is 12.8. The molecule has 0 aliphatic heterocycles. The second kappa shape index (κ2) is 7.38. The van der Waals surface area contributed by atoms with Gasteiger partial charge in [-0.15, -0.1) is 0 Å². The number of likely N-dealkylation sites (N-methyl/N-ethyl adjacent to an activating group) is 1. The van der Waals surface area contributed by atoms with Crippen molar-refractivity contribution in [3.05, 3.63) is 35.9 Å². The highest BCUT2D eigenvalue weighted by Gasteiger charge is 2.41. The van der Waals surface area contributed by atoms with Crippen LogP contribution in [0.3, 0.4) is 0 Å². The fourth-order valence-corrected chi connectivity index (χ4v) is 2.20. The summed E-state index contributed by atoms with van der Waals surface area (Å²) < 4.78 is 10.2. The second-order valence-corrected chi connectivity index (χ2v) is 5.53. The number of nitrogens with zero attached hydrogens (tertiary/aromatic N) is 1. The maximum absolute atomic E-state index is 12.0. The summed E-state index contributed by atoms with van der Waals surface area (Å²) in [5.74, 6) is -1.11. The van der Waals surface area contributed by atoms with E-state index in [1.165, 1.54) is 14.0 Å². The van der Waals surface area contributed by atoms with Crippen molar-refractivity contribution in [1.29, 1.82) is 0 Å². The van der Waals surface area contributed by atoms with E-state index in [-0.39, 0.29) is 12.5 Å². The maximum Gasteiger partial charge on any atom is 0.347 e. The Hall–Kier alpha value is -1.92. The van der Waals surface area contributed by atoms with Crippen LogP contribution in [0.1, 0.15) is 25.3 Å². The Kier molecular flexibility index (Phi) is 5.51. The van der Waals surface area contributed by atoms with Crippen LogP contribution < -0.4 is 0 Å². The minimum Gasteiger partial charge on any atom is -0.458 e. The van der Waals surface area contributed by atoms with E-state index >= 15 is 0 Å². The van der Waals surface area contributed by atoms with Crippen molar-refractivity contribution in [1.82, 2.24) is 5.06 Å². The van der Waals surface area contributed by atoms with Crippen LogP contribution in [0.2, 0.25) is 0 Å². The topological polar surface area (TPSA) is 76.1 Å². The normalized spacial score (nSPS) is 16.9. The van der Waals surface area contributed by atoms with E-state index in [1.807, 2.05) is 30.3 Å². The van der Waals surface area contributed by atoms with Crippen LogP contribution in [0.25, 0.3) is 0 Å². The molecular formula is C16H21NO5. The molecule has 120 valence electrons. The first kappa shape index (κ1) is 16.5. The first-order valence-electron chi connectivity index (χ1n) is 7.32. The highest BCUT2D eigenvalue weighted by Crippen LogP contribution is 2.35. The number of carbonyl (C=O) groups excluding carboxylic acids is 2. The van der Waals surface area contributed by atoms with E-state index in [2.05, 4.69) is 0 Å². The number of rotatable bonds is 7. The monoisotopic (exact) mass is 307 g/mol. The number of esters is 2. The molecule has 0 spiro atoms. The fraction of sp³-hybridized carbons (Fsp3) is 0.500. The minimum atomic E-state index is -1.00. The summed E-state index contributed by atoms with van der Waals surface area (Å²) in [5, 5.41) is 10.4. The van der Waals surface area contributed by atoms with Crippen LogP contribution >= 0.6 is 0 Å². The van der Waals surface area contributed by atoms with Gasteiger partial charge in [0.15, 0.2) is 6.10 Å². The van der Waals surface area contributed by atoms with Crippen LogP contribution in [-0.2, 0) is 25.7 Å². The Morgan fingerprint density at radius 2 is 1.91 bits per heavy atom. The lowest BCUT2D eigenvalue weighted by Gasteiger charge is -2.22. The number of ether oxygens (including phenoxy) is 2. The quantitative estimate of drug-likeness (QED) is 0.611. The number of hydrogen-bond donors (Lipinski definition) is 1. The van der Waals surface area contributed by atoms with Gasteiger partial charge in [-0.25, -0.2) is 4.79 Å². The molecule has 1 aliphatic rings. The summed E-state index contributed by atoms with van der Waals surface area (Å²) >= 11 is 0. The molecule has 1 saturated carbocycles. The second-order valence-electron chi connectivity index (χ2n) is 5.53. The van der Waals surface area contributed by atoms with Crippen molar-refractivity contribution in [2.75, 3.05) is 7.05 Å². The lowest BCUT2D eigenvalue weighted by atomic mass is 10.2. The molecule has 0 bridgehead atoms. The average molecular weight is 307 g/mol. The molecule has 2 rings (SSSR count). The summed E-state index contributed by atoms with van der Waals surface area (Å²) in [6.07, 6.45) is 0.743. The lowest BCUT2D eigenvalue weighted by molar-refractivity contribution is -0.183. The van der Waals surface area contributed by atoms with Crippen LogP contribution in [0.4, 0.5) is 0 Å². The molecule has 0 heterocycles. The van der Waals surface area contributed by atoms with Gasteiger partial charge in [0.25, 0.3) is 0 Å². The van der Waals surface area contributed by atoms with Gasteiger partial charge in [0, 0.05) is 7.05 Å². The molecule has 0 unspecified atom stereocenters. The largest absolute Gasteiger partial charge is 0.458 e. The zero-order valence-corrected chi connectivity index (χ0v) is 12.8. The van der Waals surface area contributed by atoms with Crippen molar-refractivity contribution in [3.8, 4) is 0 Å². The van der Waals surface area contributed by atoms with Gasteiger partial charge in [0.1, 0.15) is 12.6 Å². The summed E-state index contributed by atoms with van der Waals surface area (Å²) in [7, 11) is 1.41. The van der Waals surface area contributed by atoms with E-state index in [1.54, 1.807) is 0 Å². The minimum absolute atomic E-state index is 0.0926. The first-order valence-corrected chi connectivity index (χ1v) is 7.32. The highest BCUT2D eigenvalue weighted by atomic mass is 16.6. The van der Waals surface area contributed by atoms with E-state index in [0.717, 1.165) is 23.5 Å². The smallest absolute Gasteiger partial charge is 0.347 e. The predicted octanol–water partition coefficient (Wildman–Crippen LogP) is 1.76. The summed E-state index contributed by atoms with van der Waals surface area (Å²) in [4.78, 5) is 23.9. The SMILES string of the molecule is C[C@@H](OC(=O)[C@H](C1CC1)N(C)O)C(=O)OCc1ccccc1.